The molecular formula is C34H44N2O6S. The SMILES string of the molecule is C=CC[C@@H](C(C)(C)O)S(=O)(=O)C1CCc2ccccc2C12COc1ccc(C(N)=O)cc1N(C[C@@H]1CC[C@H]1[C@@H](O)C=C)C2. The summed E-state index contributed by atoms with van der Waals surface area (Å²) in [6, 6.07) is 13.0. The van der Waals surface area contributed by atoms with Crippen molar-refractivity contribution >= 4 is 21.4 Å². The number of nitrogens with zero attached hydrogens (tertiary/aromatic N) is 1. The van der Waals surface area contributed by atoms with Gasteiger partial charge in [0.25, 0.3) is 0 Å². The van der Waals surface area contributed by atoms with Crippen LogP contribution >= 0.6 is 0 Å². The molecule has 1 aliphatic heterocycles. The number of amides is 1. The van der Waals surface area contributed by atoms with Gasteiger partial charge in [-0.25, -0.2) is 8.42 Å². The summed E-state index contributed by atoms with van der Waals surface area (Å²) in [5.41, 5.74) is 6.21. The molecule has 2 aromatic rings. The number of nitrogens with two attached hydrogens (primary N) is 1. The van der Waals surface area contributed by atoms with Crippen molar-refractivity contribution in [3.63, 3.8) is 0 Å². The summed E-state index contributed by atoms with van der Waals surface area (Å²) < 4.78 is 36.0. The first kappa shape index (κ1) is 31.3. The Labute approximate surface area is 255 Å². The van der Waals surface area contributed by atoms with Crippen molar-refractivity contribution in [1.29, 1.82) is 0 Å². The molecule has 1 saturated carbocycles. The fourth-order valence-corrected chi connectivity index (χ4v) is 10.5. The Morgan fingerprint density at radius 3 is 2.58 bits per heavy atom. The third-order valence-corrected chi connectivity index (χ3v) is 13.0. The summed E-state index contributed by atoms with van der Waals surface area (Å²) in [7, 11) is -3.95. The number of anilines is 1. The van der Waals surface area contributed by atoms with Crippen molar-refractivity contribution in [2.75, 3.05) is 24.6 Å². The number of aliphatic hydroxyl groups excluding tert-OH is 1. The van der Waals surface area contributed by atoms with Crippen molar-refractivity contribution in [2.45, 2.75) is 73.6 Å². The van der Waals surface area contributed by atoms with Gasteiger partial charge in [0, 0.05) is 18.7 Å². The molecule has 0 aromatic heterocycles. The Morgan fingerprint density at radius 1 is 1.21 bits per heavy atom. The second kappa shape index (κ2) is 11.7. The lowest BCUT2D eigenvalue weighted by Gasteiger charge is -2.49. The van der Waals surface area contributed by atoms with E-state index in [9.17, 15) is 23.4 Å². The number of hydrogen-bond acceptors (Lipinski definition) is 7. The van der Waals surface area contributed by atoms with Crippen LogP contribution in [0.1, 0.15) is 61.0 Å². The van der Waals surface area contributed by atoms with Crippen LogP contribution in [0.2, 0.25) is 0 Å². The highest BCUT2D eigenvalue weighted by molar-refractivity contribution is 7.92. The molecule has 8 nitrogen and oxygen atoms in total. The van der Waals surface area contributed by atoms with Crippen molar-refractivity contribution in [3.05, 3.63) is 84.5 Å². The molecule has 1 amide bonds. The van der Waals surface area contributed by atoms with Crippen molar-refractivity contribution in [2.24, 2.45) is 17.6 Å². The Hall–Kier alpha value is -3.14. The summed E-state index contributed by atoms with van der Waals surface area (Å²) >= 11 is 0. The number of aryl methyl sites for hydroxylation is 1. The van der Waals surface area contributed by atoms with E-state index in [2.05, 4.69) is 18.1 Å². The molecule has 6 atom stereocenters. The number of carbonyl (C=O) groups is 1. The molecule has 0 bridgehead atoms. The second-order valence-corrected chi connectivity index (χ2v) is 15.4. The zero-order chi connectivity index (χ0) is 31.2. The second-order valence-electron chi connectivity index (χ2n) is 13.0. The number of benzene rings is 2. The Bertz CT molecular complexity index is 1500. The lowest BCUT2D eigenvalue weighted by atomic mass is 9.68. The molecule has 2 aromatic carbocycles. The van der Waals surface area contributed by atoms with Gasteiger partial charge in [-0.2, -0.15) is 0 Å². The molecule has 9 heteroatoms. The maximum atomic E-state index is 14.7. The molecule has 2 aliphatic carbocycles. The summed E-state index contributed by atoms with van der Waals surface area (Å²) in [6.45, 7) is 11.6. The first-order valence-corrected chi connectivity index (χ1v) is 16.7. The molecule has 5 rings (SSSR count). The maximum Gasteiger partial charge on any atom is 0.248 e. The first-order valence-electron chi connectivity index (χ1n) is 15.1. The predicted octanol–water partition coefficient (Wildman–Crippen LogP) is 3.94. The molecule has 2 unspecified atom stereocenters. The molecule has 1 fully saturated rings. The topological polar surface area (TPSA) is 130 Å². The average Bonchev–Trinajstić information content (AvgIpc) is 3.10. The first-order chi connectivity index (χ1) is 20.3. The van der Waals surface area contributed by atoms with Crippen LogP contribution in [0.25, 0.3) is 0 Å². The average molecular weight is 609 g/mol. The third kappa shape index (κ3) is 5.63. The van der Waals surface area contributed by atoms with E-state index in [4.69, 9.17) is 10.5 Å². The van der Waals surface area contributed by atoms with E-state index in [1.165, 1.54) is 0 Å². The number of fused-ring (bicyclic) bond motifs is 3. The van der Waals surface area contributed by atoms with Gasteiger partial charge in [0.05, 0.1) is 33.3 Å². The van der Waals surface area contributed by atoms with Gasteiger partial charge in [-0.05, 0) is 87.1 Å². The van der Waals surface area contributed by atoms with Crippen molar-refractivity contribution < 1.29 is 28.2 Å². The monoisotopic (exact) mass is 608 g/mol. The van der Waals surface area contributed by atoms with Gasteiger partial charge < -0.3 is 25.6 Å². The minimum Gasteiger partial charge on any atom is -0.490 e. The van der Waals surface area contributed by atoms with Crippen LogP contribution in [0.5, 0.6) is 5.75 Å². The Balaban J connectivity index is 1.68. The van der Waals surface area contributed by atoms with Crippen LogP contribution in [0.3, 0.4) is 0 Å². The van der Waals surface area contributed by atoms with Gasteiger partial charge in [-0.1, -0.05) is 36.4 Å². The molecule has 0 radical (unpaired) electrons. The van der Waals surface area contributed by atoms with Crippen LogP contribution < -0.4 is 15.4 Å². The van der Waals surface area contributed by atoms with Crippen LogP contribution in [0.4, 0.5) is 5.69 Å². The highest BCUT2D eigenvalue weighted by Crippen LogP contribution is 2.49. The van der Waals surface area contributed by atoms with Gasteiger partial charge in [-0.3, -0.25) is 4.79 Å². The van der Waals surface area contributed by atoms with Crippen molar-refractivity contribution in [3.8, 4) is 5.75 Å². The summed E-state index contributed by atoms with van der Waals surface area (Å²) in [5.74, 6) is 0.148. The zero-order valence-electron chi connectivity index (χ0n) is 25.1. The molecule has 1 heterocycles. The van der Waals surface area contributed by atoms with Crippen LogP contribution in [0.15, 0.2) is 67.8 Å². The van der Waals surface area contributed by atoms with Gasteiger partial charge in [-0.15, -0.1) is 13.2 Å². The number of ether oxygens (including phenoxy) is 1. The normalized spacial score (nSPS) is 26.6. The highest BCUT2D eigenvalue weighted by Gasteiger charge is 2.56. The Morgan fingerprint density at radius 2 is 1.95 bits per heavy atom. The molecular weight excluding hydrogens is 564 g/mol. The molecule has 4 N–H and O–H groups in total. The van der Waals surface area contributed by atoms with Gasteiger partial charge in [0.1, 0.15) is 12.4 Å². The minimum absolute atomic E-state index is 0.0331. The number of primary amides is 1. The van der Waals surface area contributed by atoms with E-state index in [1.54, 1.807) is 44.2 Å². The summed E-state index contributed by atoms with van der Waals surface area (Å²) in [6.07, 6.45) is 5.35. The number of aliphatic hydroxyl groups is 2. The lowest BCUT2D eigenvalue weighted by Crippen LogP contribution is -2.60. The number of hydrogen-bond donors (Lipinski definition) is 3. The van der Waals surface area contributed by atoms with Crippen LogP contribution in [-0.4, -0.2) is 66.4 Å². The third-order valence-electron chi connectivity index (χ3n) is 9.96. The van der Waals surface area contributed by atoms with E-state index in [0.29, 0.717) is 42.9 Å². The fraction of sp³-hybridized carbons (Fsp3) is 0.500. The molecule has 43 heavy (non-hydrogen) atoms. The van der Waals surface area contributed by atoms with E-state index < -0.39 is 43.4 Å². The molecule has 1 spiro atoms. The van der Waals surface area contributed by atoms with Crippen LogP contribution in [0, 0.1) is 11.8 Å². The van der Waals surface area contributed by atoms with Crippen LogP contribution in [-0.2, 0) is 21.7 Å². The fourth-order valence-electron chi connectivity index (χ4n) is 7.58. The van der Waals surface area contributed by atoms with E-state index in [1.807, 2.05) is 24.3 Å². The standard InChI is InChI=1S/C34H44N2O6S/c1-5-9-30(33(3,4)39)43(40,41)31-17-14-22-10-7-8-11-26(22)34(31)20-36(19-24-12-15-25(24)28(37)6-2)27-18-23(32(35)38)13-16-29(27)42-21-34/h5-8,10-11,13,16,18,24-25,28,30-31,37,39H,1-2,9,12,14-15,17,19-21H2,3-4H3,(H2,35,38)/t24-,25+,28-,30-,31?,34?/m0/s1. The molecule has 232 valence electrons. The molecule has 3 aliphatic rings. The van der Waals surface area contributed by atoms with E-state index in [-0.39, 0.29) is 24.9 Å². The quantitative estimate of drug-likeness (QED) is 0.349. The Kier molecular flexibility index (Phi) is 8.55. The van der Waals surface area contributed by atoms with Gasteiger partial charge in [0.2, 0.25) is 5.91 Å². The lowest BCUT2D eigenvalue weighted by molar-refractivity contribution is 0.0460. The number of rotatable bonds is 10. The summed E-state index contributed by atoms with van der Waals surface area (Å²) in [5, 5.41) is 19.8. The highest BCUT2D eigenvalue weighted by atomic mass is 32.2. The predicted molar refractivity (Wildman–Crippen MR) is 169 cm³/mol. The van der Waals surface area contributed by atoms with E-state index in [0.717, 1.165) is 24.0 Å². The minimum atomic E-state index is -3.95. The zero-order valence-corrected chi connectivity index (χ0v) is 25.9. The maximum absolute atomic E-state index is 14.7. The van der Waals surface area contributed by atoms with Gasteiger partial charge >= 0.3 is 0 Å². The van der Waals surface area contributed by atoms with Gasteiger partial charge in [0.15, 0.2) is 9.84 Å². The van der Waals surface area contributed by atoms with Crippen molar-refractivity contribution in [1.82, 2.24) is 0 Å². The smallest absolute Gasteiger partial charge is 0.248 e. The number of allylic oxidation sites excluding steroid dienone is 1. The largest absolute Gasteiger partial charge is 0.490 e. The molecule has 0 saturated heterocycles. The summed E-state index contributed by atoms with van der Waals surface area (Å²) in [4.78, 5) is 14.4. The van der Waals surface area contributed by atoms with E-state index >= 15 is 0 Å². The number of carbonyl (C=O) groups excluding carboxylic acids is 1. The number of sulfone groups is 1.